The largest absolute Gasteiger partial charge is 0.465 e. The SMILES string of the molecule is CC(=Nc1ncn[nH]1)C1CCOC1=O. The van der Waals surface area contributed by atoms with Crippen molar-refractivity contribution < 1.29 is 9.53 Å². The highest BCUT2D eigenvalue weighted by Crippen LogP contribution is 2.17. The van der Waals surface area contributed by atoms with E-state index in [-0.39, 0.29) is 11.9 Å². The van der Waals surface area contributed by atoms with Crippen LogP contribution in [0.25, 0.3) is 0 Å². The predicted molar refractivity (Wildman–Crippen MR) is 48.2 cm³/mol. The Morgan fingerprint density at radius 3 is 3.21 bits per heavy atom. The second kappa shape index (κ2) is 3.57. The number of carbonyl (C=O) groups is 1. The van der Waals surface area contributed by atoms with Crippen molar-refractivity contribution in [2.75, 3.05) is 6.61 Å². The molecule has 2 rings (SSSR count). The number of ether oxygens (including phenoxy) is 1. The van der Waals surface area contributed by atoms with E-state index in [4.69, 9.17) is 4.74 Å². The summed E-state index contributed by atoms with van der Waals surface area (Å²) in [5.74, 6) is -0.00642. The predicted octanol–water partition coefficient (Wildman–Crippen LogP) is 0.460. The van der Waals surface area contributed by atoms with Gasteiger partial charge in [0.05, 0.1) is 12.5 Å². The molecule has 2 heterocycles. The standard InChI is InChI=1S/C8H10N4O2/c1-5(6-2-3-14-7(6)13)11-8-9-4-10-12-8/h4,6H,2-3H2,1H3,(H,9,10,12). The summed E-state index contributed by atoms with van der Waals surface area (Å²) in [7, 11) is 0. The second-order valence-corrected chi connectivity index (χ2v) is 3.07. The highest BCUT2D eigenvalue weighted by Gasteiger charge is 2.29. The molecule has 74 valence electrons. The van der Waals surface area contributed by atoms with Gasteiger partial charge >= 0.3 is 5.97 Å². The second-order valence-electron chi connectivity index (χ2n) is 3.07. The van der Waals surface area contributed by atoms with Gasteiger partial charge in [-0.15, -0.1) is 0 Å². The molecule has 1 atom stereocenters. The van der Waals surface area contributed by atoms with E-state index in [1.54, 1.807) is 6.92 Å². The van der Waals surface area contributed by atoms with Crippen LogP contribution >= 0.6 is 0 Å². The Kier molecular flexibility index (Phi) is 2.26. The third-order valence-electron chi connectivity index (χ3n) is 2.12. The first kappa shape index (κ1) is 8.86. The van der Waals surface area contributed by atoms with Gasteiger partial charge in [-0.05, 0) is 6.92 Å². The number of rotatable bonds is 2. The van der Waals surface area contributed by atoms with Crippen LogP contribution in [0.5, 0.6) is 0 Å². The number of hydrogen-bond acceptors (Lipinski definition) is 5. The van der Waals surface area contributed by atoms with Crippen molar-refractivity contribution in [1.29, 1.82) is 0 Å². The fourth-order valence-electron chi connectivity index (χ4n) is 1.37. The summed E-state index contributed by atoms with van der Waals surface area (Å²) < 4.78 is 4.84. The third kappa shape index (κ3) is 1.63. The number of cyclic esters (lactones) is 1. The average molecular weight is 194 g/mol. The quantitative estimate of drug-likeness (QED) is 0.547. The minimum absolute atomic E-state index is 0.203. The van der Waals surface area contributed by atoms with Crippen LogP contribution in [0, 0.1) is 5.92 Å². The fraction of sp³-hybridized carbons (Fsp3) is 0.500. The first-order valence-corrected chi connectivity index (χ1v) is 4.34. The summed E-state index contributed by atoms with van der Waals surface area (Å²) in [5, 5.41) is 6.27. The summed E-state index contributed by atoms with van der Waals surface area (Å²) in [5.41, 5.74) is 0.712. The summed E-state index contributed by atoms with van der Waals surface area (Å²) >= 11 is 0. The molecule has 1 aliphatic heterocycles. The minimum Gasteiger partial charge on any atom is -0.465 e. The van der Waals surface area contributed by atoms with E-state index in [1.807, 2.05) is 0 Å². The van der Waals surface area contributed by atoms with E-state index in [9.17, 15) is 4.79 Å². The summed E-state index contributed by atoms with van der Waals surface area (Å²) in [6.07, 6.45) is 2.07. The van der Waals surface area contributed by atoms with Gasteiger partial charge in [-0.25, -0.2) is 10.1 Å². The molecule has 0 radical (unpaired) electrons. The molecule has 0 aliphatic carbocycles. The van der Waals surface area contributed by atoms with Crippen molar-refractivity contribution in [1.82, 2.24) is 15.2 Å². The number of hydrogen-bond donors (Lipinski definition) is 1. The third-order valence-corrected chi connectivity index (χ3v) is 2.12. The van der Waals surface area contributed by atoms with Crippen LogP contribution < -0.4 is 0 Å². The Hall–Kier alpha value is -1.72. The van der Waals surface area contributed by atoms with Crippen LogP contribution in [-0.2, 0) is 9.53 Å². The number of aliphatic imine (C=N–C) groups is 1. The van der Waals surface area contributed by atoms with Crippen LogP contribution in [0.4, 0.5) is 5.95 Å². The average Bonchev–Trinajstić information content (AvgIpc) is 2.75. The van der Waals surface area contributed by atoms with Crippen molar-refractivity contribution in [3.63, 3.8) is 0 Å². The zero-order valence-corrected chi connectivity index (χ0v) is 7.73. The van der Waals surface area contributed by atoms with Crippen LogP contribution in [0.15, 0.2) is 11.3 Å². The molecule has 6 nitrogen and oxygen atoms in total. The summed E-state index contributed by atoms with van der Waals surface area (Å²) in [6.45, 7) is 2.27. The molecule has 1 aromatic rings. The molecule has 0 saturated carbocycles. The van der Waals surface area contributed by atoms with Crippen LogP contribution in [-0.4, -0.2) is 33.5 Å². The lowest BCUT2D eigenvalue weighted by Gasteiger charge is -2.02. The normalized spacial score (nSPS) is 22.5. The van der Waals surface area contributed by atoms with Crippen LogP contribution in [0.2, 0.25) is 0 Å². The van der Waals surface area contributed by atoms with Crippen molar-refractivity contribution in [2.45, 2.75) is 13.3 Å². The smallest absolute Gasteiger partial charge is 0.314 e. The van der Waals surface area contributed by atoms with Crippen molar-refractivity contribution in [3.8, 4) is 0 Å². The molecule has 1 fully saturated rings. The highest BCUT2D eigenvalue weighted by atomic mass is 16.5. The molecular weight excluding hydrogens is 184 g/mol. The highest BCUT2D eigenvalue weighted by molar-refractivity contribution is 6.02. The zero-order chi connectivity index (χ0) is 9.97. The minimum atomic E-state index is -0.222. The molecule has 0 bridgehead atoms. The molecule has 1 unspecified atom stereocenters. The fourth-order valence-corrected chi connectivity index (χ4v) is 1.37. The number of nitrogens with zero attached hydrogens (tertiary/aromatic N) is 3. The van der Waals surface area contributed by atoms with E-state index >= 15 is 0 Å². The van der Waals surface area contributed by atoms with E-state index in [0.717, 1.165) is 0 Å². The number of carbonyl (C=O) groups excluding carboxylic acids is 1. The van der Waals surface area contributed by atoms with E-state index in [2.05, 4.69) is 20.2 Å². The number of aromatic amines is 1. The lowest BCUT2D eigenvalue weighted by atomic mass is 10.0. The molecule has 6 heteroatoms. The molecule has 14 heavy (non-hydrogen) atoms. The Morgan fingerprint density at radius 2 is 2.64 bits per heavy atom. The maximum absolute atomic E-state index is 11.2. The van der Waals surface area contributed by atoms with Crippen molar-refractivity contribution in [3.05, 3.63) is 6.33 Å². The van der Waals surface area contributed by atoms with Gasteiger partial charge in [-0.1, -0.05) is 0 Å². The van der Waals surface area contributed by atoms with Gasteiger partial charge in [0.2, 0.25) is 5.95 Å². The lowest BCUT2D eigenvalue weighted by Crippen LogP contribution is -2.16. The van der Waals surface area contributed by atoms with Crippen LogP contribution in [0.1, 0.15) is 13.3 Å². The Bertz CT molecular complexity index is 357. The van der Waals surface area contributed by atoms with E-state index < -0.39 is 0 Å². The maximum Gasteiger partial charge on any atom is 0.314 e. The maximum atomic E-state index is 11.2. The molecule has 1 aliphatic rings. The molecular formula is C8H10N4O2. The molecule has 0 amide bonds. The van der Waals surface area contributed by atoms with Gasteiger partial charge in [-0.2, -0.15) is 10.1 Å². The van der Waals surface area contributed by atoms with Gasteiger partial charge in [-0.3, -0.25) is 4.79 Å². The Labute approximate surface area is 80.4 Å². The van der Waals surface area contributed by atoms with Crippen molar-refractivity contribution >= 4 is 17.6 Å². The molecule has 1 aromatic heterocycles. The number of esters is 1. The molecule has 0 aromatic carbocycles. The number of H-pyrrole nitrogens is 1. The Balaban J connectivity index is 2.15. The molecule has 0 spiro atoms. The molecule has 1 N–H and O–H groups in total. The lowest BCUT2D eigenvalue weighted by molar-refractivity contribution is -0.139. The van der Waals surface area contributed by atoms with Gasteiger partial charge in [0, 0.05) is 12.1 Å². The van der Waals surface area contributed by atoms with E-state index in [1.165, 1.54) is 6.33 Å². The van der Waals surface area contributed by atoms with E-state index in [0.29, 0.717) is 24.7 Å². The van der Waals surface area contributed by atoms with Gasteiger partial charge in [0.1, 0.15) is 6.33 Å². The number of aromatic nitrogens is 3. The topological polar surface area (TPSA) is 80.2 Å². The first-order valence-electron chi connectivity index (χ1n) is 4.34. The van der Waals surface area contributed by atoms with Crippen LogP contribution in [0.3, 0.4) is 0 Å². The van der Waals surface area contributed by atoms with Crippen molar-refractivity contribution in [2.24, 2.45) is 10.9 Å². The van der Waals surface area contributed by atoms with Gasteiger partial charge in [0.15, 0.2) is 0 Å². The number of nitrogens with one attached hydrogen (secondary N) is 1. The summed E-state index contributed by atoms with van der Waals surface area (Å²) in [6, 6.07) is 0. The summed E-state index contributed by atoms with van der Waals surface area (Å²) in [4.78, 5) is 19.2. The molecule has 1 saturated heterocycles. The first-order chi connectivity index (χ1) is 6.77. The van der Waals surface area contributed by atoms with Gasteiger partial charge in [0.25, 0.3) is 0 Å². The van der Waals surface area contributed by atoms with Gasteiger partial charge < -0.3 is 4.74 Å². The monoisotopic (exact) mass is 194 g/mol. The Morgan fingerprint density at radius 1 is 1.79 bits per heavy atom. The zero-order valence-electron chi connectivity index (χ0n) is 7.73.